The standard InChI is InChI=1S/C16H20N4O2/c21-11-10-19(14-6-7-14)16(22)17-12-13-2-4-15(5-3-13)20-9-1-8-18-20/h1-5,8-9,14,21H,6-7,10-12H2,(H,17,22). The fraction of sp³-hybridized carbons (Fsp3) is 0.375. The maximum absolute atomic E-state index is 12.1. The van der Waals surface area contributed by atoms with Crippen molar-refractivity contribution in [2.24, 2.45) is 0 Å². The monoisotopic (exact) mass is 300 g/mol. The summed E-state index contributed by atoms with van der Waals surface area (Å²) in [7, 11) is 0. The maximum atomic E-state index is 12.1. The Morgan fingerprint density at radius 2 is 2.14 bits per heavy atom. The Labute approximate surface area is 129 Å². The Morgan fingerprint density at radius 1 is 1.36 bits per heavy atom. The van der Waals surface area contributed by atoms with E-state index in [1.54, 1.807) is 15.8 Å². The number of aromatic nitrogens is 2. The molecular weight excluding hydrogens is 280 g/mol. The molecule has 2 aromatic rings. The lowest BCUT2D eigenvalue weighted by atomic mass is 10.2. The highest BCUT2D eigenvalue weighted by atomic mass is 16.3. The Bertz CT molecular complexity index is 606. The van der Waals surface area contributed by atoms with E-state index in [0.717, 1.165) is 24.1 Å². The molecule has 1 saturated carbocycles. The molecule has 1 aliphatic carbocycles. The van der Waals surface area contributed by atoms with Crippen LogP contribution in [0.2, 0.25) is 0 Å². The van der Waals surface area contributed by atoms with Crippen molar-refractivity contribution < 1.29 is 9.90 Å². The highest BCUT2D eigenvalue weighted by Crippen LogP contribution is 2.26. The summed E-state index contributed by atoms with van der Waals surface area (Å²) in [5, 5.41) is 16.1. The van der Waals surface area contributed by atoms with E-state index in [2.05, 4.69) is 10.4 Å². The molecule has 1 aliphatic rings. The number of aliphatic hydroxyl groups excluding tert-OH is 1. The number of nitrogens with one attached hydrogen (secondary N) is 1. The zero-order valence-corrected chi connectivity index (χ0v) is 12.4. The third-order valence-corrected chi connectivity index (χ3v) is 3.74. The zero-order valence-electron chi connectivity index (χ0n) is 12.4. The molecule has 3 rings (SSSR count). The minimum atomic E-state index is -0.104. The van der Waals surface area contributed by atoms with E-state index >= 15 is 0 Å². The molecule has 0 radical (unpaired) electrons. The minimum Gasteiger partial charge on any atom is -0.395 e. The lowest BCUT2D eigenvalue weighted by molar-refractivity contribution is 0.173. The van der Waals surface area contributed by atoms with E-state index in [0.29, 0.717) is 19.1 Å². The third-order valence-electron chi connectivity index (χ3n) is 3.74. The highest BCUT2D eigenvalue weighted by molar-refractivity contribution is 5.74. The molecule has 1 aromatic carbocycles. The van der Waals surface area contributed by atoms with Gasteiger partial charge in [0.1, 0.15) is 0 Å². The molecule has 0 aliphatic heterocycles. The van der Waals surface area contributed by atoms with Crippen molar-refractivity contribution in [3.63, 3.8) is 0 Å². The van der Waals surface area contributed by atoms with Gasteiger partial charge >= 0.3 is 6.03 Å². The van der Waals surface area contributed by atoms with Gasteiger partial charge in [0, 0.05) is 31.5 Å². The van der Waals surface area contributed by atoms with E-state index in [9.17, 15) is 4.79 Å². The van der Waals surface area contributed by atoms with Gasteiger partial charge in [0.2, 0.25) is 0 Å². The number of hydrogen-bond acceptors (Lipinski definition) is 3. The molecule has 6 heteroatoms. The van der Waals surface area contributed by atoms with Crippen molar-refractivity contribution in [2.75, 3.05) is 13.2 Å². The topological polar surface area (TPSA) is 70.4 Å². The second-order valence-corrected chi connectivity index (χ2v) is 5.42. The average molecular weight is 300 g/mol. The van der Waals surface area contributed by atoms with Crippen LogP contribution in [0.25, 0.3) is 5.69 Å². The molecule has 1 heterocycles. The predicted octanol–water partition coefficient (Wildman–Crippen LogP) is 1.54. The molecule has 0 spiro atoms. The van der Waals surface area contributed by atoms with Gasteiger partial charge < -0.3 is 15.3 Å². The van der Waals surface area contributed by atoms with Crippen LogP contribution in [0.4, 0.5) is 4.79 Å². The Balaban J connectivity index is 1.55. The number of amides is 2. The molecule has 22 heavy (non-hydrogen) atoms. The van der Waals surface area contributed by atoms with E-state index in [4.69, 9.17) is 5.11 Å². The molecule has 0 bridgehead atoms. The second kappa shape index (κ2) is 6.62. The summed E-state index contributed by atoms with van der Waals surface area (Å²) >= 11 is 0. The van der Waals surface area contributed by atoms with Crippen molar-refractivity contribution >= 4 is 6.03 Å². The first kappa shape index (κ1) is 14.6. The lowest BCUT2D eigenvalue weighted by Gasteiger charge is -2.21. The number of rotatable bonds is 6. The van der Waals surface area contributed by atoms with E-state index in [1.807, 2.05) is 36.5 Å². The molecular formula is C16H20N4O2. The summed E-state index contributed by atoms with van der Waals surface area (Å²) < 4.78 is 1.79. The van der Waals surface area contributed by atoms with Crippen LogP contribution in [0.1, 0.15) is 18.4 Å². The molecule has 0 unspecified atom stereocenters. The first-order valence-electron chi connectivity index (χ1n) is 7.52. The van der Waals surface area contributed by atoms with Gasteiger partial charge in [-0.2, -0.15) is 5.10 Å². The van der Waals surface area contributed by atoms with Gasteiger partial charge in [0.15, 0.2) is 0 Å². The van der Waals surface area contributed by atoms with Gasteiger partial charge in [-0.3, -0.25) is 0 Å². The van der Waals surface area contributed by atoms with Crippen LogP contribution in [0.5, 0.6) is 0 Å². The first-order valence-corrected chi connectivity index (χ1v) is 7.52. The van der Waals surface area contributed by atoms with Gasteiger partial charge in [-0.15, -0.1) is 0 Å². The van der Waals surface area contributed by atoms with Crippen molar-refractivity contribution in [1.29, 1.82) is 0 Å². The van der Waals surface area contributed by atoms with Gasteiger partial charge in [-0.25, -0.2) is 9.48 Å². The quantitative estimate of drug-likeness (QED) is 0.850. The molecule has 116 valence electrons. The largest absolute Gasteiger partial charge is 0.395 e. The highest BCUT2D eigenvalue weighted by Gasteiger charge is 2.31. The summed E-state index contributed by atoms with van der Waals surface area (Å²) in [6, 6.07) is 9.97. The van der Waals surface area contributed by atoms with E-state index in [1.165, 1.54) is 0 Å². The molecule has 2 N–H and O–H groups in total. The number of benzene rings is 1. The third kappa shape index (κ3) is 3.46. The maximum Gasteiger partial charge on any atom is 0.317 e. The zero-order chi connectivity index (χ0) is 15.4. The van der Waals surface area contributed by atoms with Crippen LogP contribution in [-0.4, -0.2) is 45.0 Å². The summed E-state index contributed by atoms with van der Waals surface area (Å²) in [6.45, 7) is 0.879. The smallest absolute Gasteiger partial charge is 0.317 e. The van der Waals surface area contributed by atoms with Gasteiger partial charge in [-0.1, -0.05) is 12.1 Å². The Hall–Kier alpha value is -2.34. The fourth-order valence-corrected chi connectivity index (χ4v) is 2.41. The van der Waals surface area contributed by atoms with Crippen molar-refractivity contribution in [1.82, 2.24) is 20.0 Å². The van der Waals surface area contributed by atoms with Crippen LogP contribution in [-0.2, 0) is 6.54 Å². The van der Waals surface area contributed by atoms with Crippen LogP contribution >= 0.6 is 0 Å². The molecule has 6 nitrogen and oxygen atoms in total. The minimum absolute atomic E-state index is 0.00247. The number of carbonyl (C=O) groups excluding carboxylic acids is 1. The van der Waals surface area contributed by atoms with E-state index in [-0.39, 0.29) is 12.6 Å². The van der Waals surface area contributed by atoms with Crippen molar-refractivity contribution in [3.8, 4) is 5.69 Å². The molecule has 0 atom stereocenters. The number of aliphatic hydroxyl groups is 1. The number of carbonyl (C=O) groups is 1. The fourth-order valence-electron chi connectivity index (χ4n) is 2.41. The average Bonchev–Trinajstić information content (AvgIpc) is 3.24. The normalized spacial score (nSPS) is 13.9. The van der Waals surface area contributed by atoms with Gasteiger partial charge in [0.25, 0.3) is 0 Å². The number of hydrogen-bond donors (Lipinski definition) is 2. The molecule has 2 amide bonds. The van der Waals surface area contributed by atoms with Crippen LogP contribution in [0.3, 0.4) is 0 Å². The van der Waals surface area contributed by atoms with Crippen LogP contribution < -0.4 is 5.32 Å². The predicted molar refractivity (Wildman–Crippen MR) is 82.6 cm³/mol. The second-order valence-electron chi connectivity index (χ2n) is 5.42. The Morgan fingerprint density at radius 3 is 2.73 bits per heavy atom. The van der Waals surface area contributed by atoms with Crippen molar-refractivity contribution in [3.05, 3.63) is 48.3 Å². The summed E-state index contributed by atoms with van der Waals surface area (Å²) in [6.07, 6.45) is 5.69. The Kier molecular flexibility index (Phi) is 4.39. The van der Waals surface area contributed by atoms with Crippen LogP contribution in [0.15, 0.2) is 42.7 Å². The van der Waals surface area contributed by atoms with Gasteiger partial charge in [-0.05, 0) is 36.6 Å². The lowest BCUT2D eigenvalue weighted by Crippen LogP contribution is -2.42. The number of nitrogens with zero attached hydrogens (tertiary/aromatic N) is 3. The number of urea groups is 1. The molecule has 1 aromatic heterocycles. The summed E-state index contributed by atoms with van der Waals surface area (Å²) in [5.41, 5.74) is 2.02. The molecule has 1 fully saturated rings. The summed E-state index contributed by atoms with van der Waals surface area (Å²) in [5.74, 6) is 0. The SMILES string of the molecule is O=C(NCc1ccc(-n2cccn2)cc1)N(CCO)C1CC1. The summed E-state index contributed by atoms with van der Waals surface area (Å²) in [4.78, 5) is 13.9. The van der Waals surface area contributed by atoms with Crippen molar-refractivity contribution in [2.45, 2.75) is 25.4 Å². The molecule has 0 saturated heterocycles. The van der Waals surface area contributed by atoms with Gasteiger partial charge in [0.05, 0.1) is 12.3 Å². The van der Waals surface area contributed by atoms with E-state index < -0.39 is 0 Å². The first-order chi connectivity index (χ1) is 10.8. The van der Waals surface area contributed by atoms with Crippen LogP contribution in [0, 0.1) is 0 Å².